The molecule has 0 saturated carbocycles. The zero-order valence-corrected chi connectivity index (χ0v) is 12.4. The topological polar surface area (TPSA) is 63.4 Å². The van der Waals surface area contributed by atoms with E-state index in [2.05, 4.69) is 0 Å². The summed E-state index contributed by atoms with van der Waals surface area (Å²) in [6, 6.07) is 4.49. The molecule has 1 aliphatic heterocycles. The van der Waals surface area contributed by atoms with Crippen LogP contribution in [0.1, 0.15) is 6.92 Å². The molecule has 1 fully saturated rings. The predicted molar refractivity (Wildman–Crippen MR) is 76.5 cm³/mol. The van der Waals surface area contributed by atoms with E-state index in [-0.39, 0.29) is 16.0 Å². The van der Waals surface area contributed by atoms with Gasteiger partial charge in [0.15, 0.2) is 0 Å². The summed E-state index contributed by atoms with van der Waals surface area (Å²) >= 11 is 7.76. The number of anilines is 1. The van der Waals surface area contributed by atoms with Crippen molar-refractivity contribution in [2.45, 2.75) is 17.9 Å². The Hall–Kier alpha value is -0.430. The van der Waals surface area contributed by atoms with Crippen LogP contribution in [0.4, 0.5) is 5.69 Å². The van der Waals surface area contributed by atoms with Crippen molar-refractivity contribution in [1.29, 1.82) is 0 Å². The highest BCUT2D eigenvalue weighted by atomic mass is 35.5. The van der Waals surface area contributed by atoms with Gasteiger partial charge in [-0.2, -0.15) is 16.1 Å². The lowest BCUT2D eigenvalue weighted by molar-refractivity contribution is 0.367. The maximum Gasteiger partial charge on any atom is 0.244 e. The Kier molecular flexibility index (Phi) is 4.11. The molecule has 7 heteroatoms. The lowest BCUT2D eigenvalue weighted by atomic mass is 10.3. The Bertz CT molecular complexity index is 548. The van der Waals surface area contributed by atoms with Crippen LogP contribution in [0.3, 0.4) is 0 Å². The molecule has 2 N–H and O–H groups in total. The van der Waals surface area contributed by atoms with Gasteiger partial charge < -0.3 is 5.73 Å². The highest BCUT2D eigenvalue weighted by Gasteiger charge is 2.32. The molecule has 0 amide bonds. The molecule has 1 heterocycles. The third kappa shape index (κ3) is 2.61. The van der Waals surface area contributed by atoms with Crippen LogP contribution in [0.2, 0.25) is 5.02 Å². The van der Waals surface area contributed by atoms with Gasteiger partial charge >= 0.3 is 0 Å². The molecule has 18 heavy (non-hydrogen) atoms. The number of sulfonamides is 1. The molecule has 1 atom stereocenters. The molecule has 1 saturated heterocycles. The zero-order chi connectivity index (χ0) is 13.3. The van der Waals surface area contributed by atoms with Crippen LogP contribution in [-0.4, -0.2) is 36.8 Å². The van der Waals surface area contributed by atoms with Crippen molar-refractivity contribution in [2.75, 3.05) is 23.8 Å². The van der Waals surface area contributed by atoms with Crippen LogP contribution >= 0.6 is 23.4 Å². The second kappa shape index (κ2) is 5.28. The van der Waals surface area contributed by atoms with Crippen molar-refractivity contribution >= 4 is 39.1 Å². The van der Waals surface area contributed by atoms with Crippen molar-refractivity contribution in [3.8, 4) is 0 Å². The maximum atomic E-state index is 12.5. The predicted octanol–water partition coefficient (Wildman–Crippen LogP) is 2.05. The molecule has 0 aliphatic carbocycles. The zero-order valence-electron chi connectivity index (χ0n) is 9.97. The van der Waals surface area contributed by atoms with E-state index < -0.39 is 10.0 Å². The summed E-state index contributed by atoms with van der Waals surface area (Å²) in [4.78, 5) is 0.136. The first kappa shape index (κ1) is 14.0. The Balaban J connectivity index is 2.41. The minimum Gasteiger partial charge on any atom is -0.399 e. The van der Waals surface area contributed by atoms with Crippen LogP contribution in [0.25, 0.3) is 0 Å². The van der Waals surface area contributed by atoms with Crippen LogP contribution in [0, 0.1) is 0 Å². The molecule has 0 aromatic heterocycles. The van der Waals surface area contributed by atoms with E-state index in [1.807, 2.05) is 6.92 Å². The first-order chi connectivity index (χ1) is 8.43. The Morgan fingerprint density at radius 2 is 2.22 bits per heavy atom. The molecular weight excluding hydrogens is 292 g/mol. The van der Waals surface area contributed by atoms with Crippen molar-refractivity contribution in [1.82, 2.24) is 4.31 Å². The maximum absolute atomic E-state index is 12.5. The Morgan fingerprint density at radius 1 is 1.50 bits per heavy atom. The molecule has 0 bridgehead atoms. The van der Waals surface area contributed by atoms with Gasteiger partial charge in [0.1, 0.15) is 4.90 Å². The number of nitrogens with zero attached hydrogens (tertiary/aromatic N) is 1. The lowest BCUT2D eigenvalue weighted by Gasteiger charge is -2.32. The summed E-state index contributed by atoms with van der Waals surface area (Å²) < 4.78 is 26.6. The van der Waals surface area contributed by atoms with Crippen molar-refractivity contribution in [3.63, 3.8) is 0 Å². The molecule has 0 spiro atoms. The fraction of sp³-hybridized carbons (Fsp3) is 0.455. The standard InChI is InChI=1S/C11H15ClN2O2S2/c1-8-7-17-5-4-14(8)18(15,16)11-3-2-9(13)6-10(11)12/h2-3,6,8H,4-5,7,13H2,1H3. The van der Waals surface area contributed by atoms with Gasteiger partial charge in [-0.25, -0.2) is 8.42 Å². The molecule has 100 valence electrons. The average Bonchev–Trinajstić information content (AvgIpc) is 2.28. The molecule has 2 rings (SSSR count). The third-order valence-electron chi connectivity index (χ3n) is 2.85. The van der Waals surface area contributed by atoms with Crippen molar-refractivity contribution < 1.29 is 8.42 Å². The minimum atomic E-state index is -3.53. The molecule has 4 nitrogen and oxygen atoms in total. The average molecular weight is 307 g/mol. The SMILES string of the molecule is CC1CSCCN1S(=O)(=O)c1ccc(N)cc1Cl. The van der Waals surface area contributed by atoms with E-state index in [1.54, 1.807) is 17.8 Å². The van der Waals surface area contributed by atoms with Crippen molar-refractivity contribution in [3.05, 3.63) is 23.2 Å². The molecular formula is C11H15ClN2O2S2. The third-order valence-corrected chi connectivity index (χ3v) is 6.54. The van der Waals surface area contributed by atoms with E-state index in [4.69, 9.17) is 17.3 Å². The van der Waals surface area contributed by atoms with Gasteiger partial charge in [-0.05, 0) is 25.1 Å². The monoisotopic (exact) mass is 306 g/mol. The number of thioether (sulfide) groups is 1. The second-order valence-electron chi connectivity index (χ2n) is 4.23. The fourth-order valence-corrected chi connectivity index (χ4v) is 5.30. The van der Waals surface area contributed by atoms with Gasteiger partial charge in [-0.3, -0.25) is 0 Å². The number of halogens is 1. The summed E-state index contributed by atoms with van der Waals surface area (Å²) in [5.41, 5.74) is 6.04. The van der Waals surface area contributed by atoms with Crippen LogP contribution in [0.5, 0.6) is 0 Å². The molecule has 1 aromatic rings. The molecule has 0 radical (unpaired) electrons. The van der Waals surface area contributed by atoms with E-state index in [9.17, 15) is 8.42 Å². The summed E-state index contributed by atoms with van der Waals surface area (Å²) in [5.74, 6) is 1.63. The highest BCUT2D eigenvalue weighted by molar-refractivity contribution is 7.99. The quantitative estimate of drug-likeness (QED) is 0.849. The Morgan fingerprint density at radius 3 is 2.83 bits per heavy atom. The summed E-state index contributed by atoms with van der Waals surface area (Å²) in [7, 11) is -3.53. The van der Waals surface area contributed by atoms with E-state index >= 15 is 0 Å². The summed E-state index contributed by atoms with van der Waals surface area (Å²) in [6.45, 7) is 2.43. The number of nitrogen functional groups attached to an aromatic ring is 1. The number of hydrogen-bond acceptors (Lipinski definition) is 4. The van der Waals surface area contributed by atoms with Crippen LogP contribution in [-0.2, 0) is 10.0 Å². The molecule has 1 aliphatic rings. The van der Waals surface area contributed by atoms with Gasteiger partial charge in [0.05, 0.1) is 5.02 Å². The number of nitrogens with two attached hydrogens (primary N) is 1. The largest absolute Gasteiger partial charge is 0.399 e. The highest BCUT2D eigenvalue weighted by Crippen LogP contribution is 2.29. The summed E-state index contributed by atoms with van der Waals surface area (Å²) in [5, 5.41) is 0.181. The molecule has 1 unspecified atom stereocenters. The normalized spacial score (nSPS) is 22.0. The first-order valence-electron chi connectivity index (χ1n) is 5.57. The van der Waals surface area contributed by atoms with Crippen LogP contribution in [0.15, 0.2) is 23.1 Å². The van der Waals surface area contributed by atoms with Crippen LogP contribution < -0.4 is 5.73 Å². The first-order valence-corrected chi connectivity index (χ1v) is 8.55. The van der Waals surface area contributed by atoms with Gasteiger partial charge in [-0.15, -0.1) is 0 Å². The fourth-order valence-electron chi connectivity index (χ4n) is 1.92. The van der Waals surface area contributed by atoms with Gasteiger partial charge in [0, 0.05) is 29.8 Å². The smallest absolute Gasteiger partial charge is 0.244 e. The minimum absolute atomic E-state index is 0.0117. The number of rotatable bonds is 2. The van der Waals surface area contributed by atoms with E-state index in [1.165, 1.54) is 16.4 Å². The lowest BCUT2D eigenvalue weighted by Crippen LogP contribution is -2.44. The van der Waals surface area contributed by atoms with Gasteiger partial charge in [0.25, 0.3) is 0 Å². The van der Waals surface area contributed by atoms with Gasteiger partial charge in [0.2, 0.25) is 10.0 Å². The number of hydrogen-bond donors (Lipinski definition) is 1. The number of benzene rings is 1. The van der Waals surface area contributed by atoms with E-state index in [0.717, 1.165) is 11.5 Å². The van der Waals surface area contributed by atoms with Crippen molar-refractivity contribution in [2.24, 2.45) is 0 Å². The summed E-state index contributed by atoms with van der Waals surface area (Å²) in [6.07, 6.45) is 0. The Labute approximate surface area is 117 Å². The van der Waals surface area contributed by atoms with Gasteiger partial charge in [-0.1, -0.05) is 11.6 Å². The van der Waals surface area contributed by atoms with E-state index in [0.29, 0.717) is 12.2 Å². The molecule has 1 aromatic carbocycles. The second-order valence-corrected chi connectivity index (χ2v) is 7.65.